The Balaban J connectivity index is 0.00000110. The Kier molecular flexibility index (Phi) is 3.24. The van der Waals surface area contributed by atoms with Gasteiger partial charge in [0.05, 0.1) is 16.6 Å². The van der Waals surface area contributed by atoms with E-state index in [-0.39, 0.29) is 24.4 Å². The van der Waals surface area contributed by atoms with Crippen molar-refractivity contribution >= 4 is 29.9 Å². The van der Waals surface area contributed by atoms with E-state index in [9.17, 15) is 4.79 Å². The number of nitrogens with one attached hydrogen (secondary N) is 1. The number of carbonyl (C=O) groups is 1. The molecule has 4 rings (SSSR count). The Hall–Kier alpha value is -0.770. The Labute approximate surface area is 123 Å². The van der Waals surface area contributed by atoms with Gasteiger partial charge in [0, 0.05) is 19.6 Å². The van der Waals surface area contributed by atoms with Crippen molar-refractivity contribution in [1.82, 2.24) is 10.2 Å². The molecule has 1 atom stereocenters. The van der Waals surface area contributed by atoms with Crippen molar-refractivity contribution < 1.29 is 4.79 Å². The fourth-order valence-electron chi connectivity index (χ4n) is 3.16. The average Bonchev–Trinajstić information content (AvgIpc) is 3.18. The average molecular weight is 299 g/mol. The summed E-state index contributed by atoms with van der Waals surface area (Å²) >= 11 is 6.34. The van der Waals surface area contributed by atoms with Crippen molar-refractivity contribution in [3.05, 3.63) is 33.8 Å². The molecule has 19 heavy (non-hydrogen) atoms. The zero-order valence-electron chi connectivity index (χ0n) is 10.5. The molecule has 0 spiro atoms. The predicted octanol–water partition coefficient (Wildman–Crippen LogP) is 2.74. The van der Waals surface area contributed by atoms with Gasteiger partial charge in [-0.3, -0.25) is 4.79 Å². The number of piperazine rings is 1. The lowest BCUT2D eigenvalue weighted by molar-refractivity contribution is 0.0691. The molecular formula is C14H16Cl2N2O. The first kappa shape index (κ1) is 13.2. The molecule has 1 saturated carbocycles. The third kappa shape index (κ3) is 1.95. The van der Waals surface area contributed by atoms with E-state index in [0.717, 1.165) is 30.8 Å². The smallest absolute Gasteiger partial charge is 0.256 e. The van der Waals surface area contributed by atoms with Crippen LogP contribution in [0.1, 0.15) is 46.3 Å². The number of amides is 1. The second-order valence-electron chi connectivity index (χ2n) is 5.46. The number of carbonyl (C=O) groups excluding carboxylic acids is 1. The van der Waals surface area contributed by atoms with Crippen molar-refractivity contribution in [3.8, 4) is 0 Å². The molecule has 2 fully saturated rings. The van der Waals surface area contributed by atoms with Crippen molar-refractivity contribution in [2.24, 2.45) is 0 Å². The monoisotopic (exact) mass is 298 g/mol. The third-order valence-electron chi connectivity index (χ3n) is 4.27. The van der Waals surface area contributed by atoms with E-state index in [2.05, 4.69) is 11.4 Å². The van der Waals surface area contributed by atoms with Crippen molar-refractivity contribution in [2.45, 2.75) is 24.8 Å². The maximum absolute atomic E-state index is 12.4. The van der Waals surface area contributed by atoms with E-state index in [1.807, 2.05) is 11.0 Å². The first-order valence-electron chi connectivity index (χ1n) is 6.61. The van der Waals surface area contributed by atoms with Crippen LogP contribution in [-0.2, 0) is 0 Å². The molecule has 1 aliphatic carbocycles. The molecule has 1 aromatic carbocycles. The minimum atomic E-state index is 0. The van der Waals surface area contributed by atoms with Crippen molar-refractivity contribution in [2.75, 3.05) is 19.6 Å². The van der Waals surface area contributed by atoms with Crippen LogP contribution in [0.5, 0.6) is 0 Å². The largest absolute Gasteiger partial charge is 0.329 e. The summed E-state index contributed by atoms with van der Waals surface area (Å²) in [7, 11) is 0. The van der Waals surface area contributed by atoms with Gasteiger partial charge >= 0.3 is 0 Å². The molecule has 0 unspecified atom stereocenters. The number of benzene rings is 1. The number of halogens is 2. The molecule has 0 radical (unpaired) electrons. The normalized spacial score (nSPS) is 24.8. The van der Waals surface area contributed by atoms with Gasteiger partial charge in [0.1, 0.15) is 0 Å². The molecule has 1 amide bonds. The van der Waals surface area contributed by atoms with E-state index >= 15 is 0 Å². The van der Waals surface area contributed by atoms with Gasteiger partial charge in [-0.15, -0.1) is 12.4 Å². The molecule has 0 aromatic heterocycles. The van der Waals surface area contributed by atoms with Crippen LogP contribution in [0, 0.1) is 0 Å². The number of rotatable bonds is 1. The zero-order valence-corrected chi connectivity index (χ0v) is 12.1. The van der Waals surface area contributed by atoms with Gasteiger partial charge < -0.3 is 10.2 Å². The van der Waals surface area contributed by atoms with Crippen LogP contribution in [0.4, 0.5) is 0 Å². The molecule has 2 aliphatic heterocycles. The lowest BCUT2D eigenvalue weighted by atomic mass is 9.98. The molecule has 5 heteroatoms. The van der Waals surface area contributed by atoms with E-state index in [0.29, 0.717) is 10.9 Å². The van der Waals surface area contributed by atoms with Crippen molar-refractivity contribution in [1.29, 1.82) is 0 Å². The molecule has 2 heterocycles. The Morgan fingerprint density at radius 1 is 1.32 bits per heavy atom. The minimum absolute atomic E-state index is 0. The van der Waals surface area contributed by atoms with Crippen LogP contribution in [-0.4, -0.2) is 30.4 Å². The Bertz CT molecular complexity index is 542. The second-order valence-corrected chi connectivity index (χ2v) is 5.87. The molecule has 0 bridgehead atoms. The molecule has 3 aliphatic rings. The molecule has 1 aromatic rings. The van der Waals surface area contributed by atoms with Gasteiger partial charge in [-0.25, -0.2) is 0 Å². The van der Waals surface area contributed by atoms with E-state index in [1.165, 1.54) is 18.4 Å². The molecule has 3 nitrogen and oxygen atoms in total. The number of nitrogens with zero attached hydrogens (tertiary/aromatic N) is 1. The van der Waals surface area contributed by atoms with E-state index in [1.54, 1.807) is 0 Å². The van der Waals surface area contributed by atoms with Crippen LogP contribution < -0.4 is 5.32 Å². The number of hydrogen-bond acceptors (Lipinski definition) is 2. The van der Waals surface area contributed by atoms with Crippen LogP contribution in [0.25, 0.3) is 0 Å². The van der Waals surface area contributed by atoms with Gasteiger partial charge in [-0.1, -0.05) is 17.7 Å². The SMILES string of the molecule is Cl.O=C1c2c(Cl)cc(C3CC3)cc2[C@@H]2CNCCN12. The fraction of sp³-hybridized carbons (Fsp3) is 0.500. The topological polar surface area (TPSA) is 32.3 Å². The van der Waals surface area contributed by atoms with Crippen LogP contribution in [0.15, 0.2) is 12.1 Å². The predicted molar refractivity (Wildman–Crippen MR) is 77.3 cm³/mol. The quantitative estimate of drug-likeness (QED) is 0.865. The molecule has 1 N–H and O–H groups in total. The van der Waals surface area contributed by atoms with Gasteiger partial charge in [0.15, 0.2) is 0 Å². The van der Waals surface area contributed by atoms with Gasteiger partial charge in [0.25, 0.3) is 5.91 Å². The maximum Gasteiger partial charge on any atom is 0.256 e. The van der Waals surface area contributed by atoms with E-state index < -0.39 is 0 Å². The van der Waals surface area contributed by atoms with Gasteiger partial charge in [0.2, 0.25) is 0 Å². The summed E-state index contributed by atoms with van der Waals surface area (Å²) in [5, 5.41) is 4.01. The first-order valence-corrected chi connectivity index (χ1v) is 6.98. The summed E-state index contributed by atoms with van der Waals surface area (Å²) < 4.78 is 0. The third-order valence-corrected chi connectivity index (χ3v) is 4.57. The van der Waals surface area contributed by atoms with Crippen LogP contribution in [0.2, 0.25) is 5.02 Å². The standard InChI is InChI=1S/C14H15ClN2O.ClH/c15-11-6-9(8-1-2-8)5-10-12-7-16-3-4-17(12)14(18)13(10)11;/h5-6,8,12,16H,1-4,7H2;1H/t12-;/m0./s1. The summed E-state index contributed by atoms with van der Waals surface area (Å²) in [6.45, 7) is 2.51. The highest BCUT2D eigenvalue weighted by Crippen LogP contribution is 2.45. The zero-order chi connectivity index (χ0) is 12.3. The summed E-state index contributed by atoms with van der Waals surface area (Å²) in [5.74, 6) is 0.789. The summed E-state index contributed by atoms with van der Waals surface area (Å²) in [5.41, 5.74) is 3.20. The van der Waals surface area contributed by atoms with Gasteiger partial charge in [-0.2, -0.15) is 0 Å². The summed E-state index contributed by atoms with van der Waals surface area (Å²) in [4.78, 5) is 14.3. The highest BCUT2D eigenvalue weighted by atomic mass is 35.5. The first-order chi connectivity index (χ1) is 8.75. The highest BCUT2D eigenvalue weighted by molar-refractivity contribution is 6.34. The lowest BCUT2D eigenvalue weighted by Gasteiger charge is -2.30. The van der Waals surface area contributed by atoms with Crippen LogP contribution >= 0.6 is 24.0 Å². The summed E-state index contributed by atoms with van der Waals surface area (Å²) in [6, 6.07) is 4.41. The number of fused-ring (bicyclic) bond motifs is 3. The minimum Gasteiger partial charge on any atom is -0.329 e. The second kappa shape index (κ2) is 4.65. The van der Waals surface area contributed by atoms with E-state index in [4.69, 9.17) is 11.6 Å². The summed E-state index contributed by atoms with van der Waals surface area (Å²) in [6.07, 6.45) is 2.52. The molecular weight excluding hydrogens is 283 g/mol. The Morgan fingerprint density at radius 2 is 2.11 bits per heavy atom. The highest BCUT2D eigenvalue weighted by Gasteiger charge is 2.40. The maximum atomic E-state index is 12.4. The molecule has 102 valence electrons. The number of hydrogen-bond donors (Lipinski definition) is 1. The van der Waals surface area contributed by atoms with Crippen molar-refractivity contribution in [3.63, 3.8) is 0 Å². The fourth-order valence-corrected chi connectivity index (χ4v) is 3.48. The lowest BCUT2D eigenvalue weighted by Crippen LogP contribution is -2.44. The van der Waals surface area contributed by atoms with Crippen LogP contribution in [0.3, 0.4) is 0 Å². The Morgan fingerprint density at radius 3 is 2.84 bits per heavy atom. The molecule has 1 saturated heterocycles. The van der Waals surface area contributed by atoms with Gasteiger partial charge in [-0.05, 0) is 36.0 Å².